The number of hydrogen-bond donors (Lipinski definition) is 2. The van der Waals surface area contributed by atoms with Gasteiger partial charge in [0.1, 0.15) is 5.82 Å². The van der Waals surface area contributed by atoms with E-state index in [0.29, 0.717) is 15.6 Å². The molecular formula is C6H7N3S3. The van der Waals surface area contributed by atoms with E-state index in [9.17, 15) is 0 Å². The zero-order valence-electron chi connectivity index (χ0n) is 6.14. The monoisotopic (exact) mass is 217 g/mol. The van der Waals surface area contributed by atoms with Crippen LogP contribution in [0.4, 0.5) is 0 Å². The molecule has 1 aliphatic heterocycles. The van der Waals surface area contributed by atoms with Crippen molar-refractivity contribution in [2.75, 3.05) is 5.75 Å². The Hall–Kier alpha value is 0.0600. The maximum Gasteiger partial charge on any atom is 0.188 e. The summed E-state index contributed by atoms with van der Waals surface area (Å²) < 4.78 is 0. The van der Waals surface area contributed by atoms with Gasteiger partial charge in [-0.1, -0.05) is 0 Å². The summed E-state index contributed by atoms with van der Waals surface area (Å²) >= 11 is 10.0. The van der Waals surface area contributed by atoms with Crippen LogP contribution >= 0.6 is 37.0 Å². The average Bonchev–Trinajstić information content (AvgIpc) is 2.68. The van der Waals surface area contributed by atoms with Crippen LogP contribution in [0, 0.1) is 0 Å². The summed E-state index contributed by atoms with van der Waals surface area (Å²) in [5.74, 6) is 2.02. The normalized spacial score (nSPS) is 21.0. The highest BCUT2D eigenvalue weighted by molar-refractivity contribution is 8.06. The second kappa shape index (κ2) is 3.43. The van der Waals surface area contributed by atoms with E-state index in [0.717, 1.165) is 12.2 Å². The molecule has 1 unspecified atom stereocenters. The summed E-state index contributed by atoms with van der Waals surface area (Å²) in [6, 6.07) is 0. The molecule has 1 aliphatic rings. The first-order chi connectivity index (χ1) is 5.74. The summed E-state index contributed by atoms with van der Waals surface area (Å²) in [4.78, 5) is 12.0. The topological polar surface area (TPSA) is 38.7 Å². The zero-order valence-corrected chi connectivity index (χ0v) is 8.74. The van der Waals surface area contributed by atoms with Gasteiger partial charge in [-0.2, -0.15) is 16.7 Å². The molecular weight excluding hydrogens is 210 g/mol. The predicted octanol–water partition coefficient (Wildman–Crippen LogP) is 1.11. The third-order valence-corrected chi connectivity index (χ3v) is 2.84. The molecule has 12 heavy (non-hydrogen) atoms. The Labute approximate surface area is 85.6 Å². The molecule has 0 spiro atoms. The molecule has 6 heteroatoms. The van der Waals surface area contributed by atoms with Gasteiger partial charge in [-0.3, -0.25) is 0 Å². The molecule has 0 saturated carbocycles. The number of aromatic nitrogens is 3. The zero-order chi connectivity index (χ0) is 8.55. The van der Waals surface area contributed by atoms with E-state index in [1.807, 2.05) is 11.8 Å². The van der Waals surface area contributed by atoms with Gasteiger partial charge in [0.25, 0.3) is 0 Å². The fraction of sp³-hybridized carbons (Fsp3) is 0.500. The molecule has 0 bridgehead atoms. The molecule has 2 heterocycles. The van der Waals surface area contributed by atoms with E-state index in [1.165, 1.54) is 5.75 Å². The quantitative estimate of drug-likeness (QED) is 0.575. The molecule has 1 saturated heterocycles. The fourth-order valence-electron chi connectivity index (χ4n) is 0.876. The minimum atomic E-state index is 0.454. The molecule has 0 amide bonds. The first kappa shape index (κ1) is 8.65. The third kappa shape index (κ3) is 2.27. The Morgan fingerprint density at radius 1 is 1.25 bits per heavy atom. The summed E-state index contributed by atoms with van der Waals surface area (Å²) in [6.07, 6.45) is 0.911. The number of rotatable bonds is 2. The Bertz CT molecular complexity index is 280. The van der Waals surface area contributed by atoms with Crippen LogP contribution in [0.25, 0.3) is 0 Å². The van der Waals surface area contributed by atoms with Crippen LogP contribution in [0.2, 0.25) is 0 Å². The molecule has 1 fully saturated rings. The van der Waals surface area contributed by atoms with Crippen molar-refractivity contribution >= 4 is 37.0 Å². The first-order valence-electron chi connectivity index (χ1n) is 3.48. The highest BCUT2D eigenvalue weighted by Crippen LogP contribution is 2.32. The molecule has 1 aromatic heterocycles. The van der Waals surface area contributed by atoms with Gasteiger partial charge in [0.15, 0.2) is 10.3 Å². The minimum absolute atomic E-state index is 0.454. The molecule has 0 aliphatic carbocycles. The van der Waals surface area contributed by atoms with E-state index >= 15 is 0 Å². The lowest BCUT2D eigenvalue weighted by atomic mass is 10.3. The summed E-state index contributed by atoms with van der Waals surface area (Å²) in [5.41, 5.74) is 0. The Morgan fingerprint density at radius 3 is 2.33 bits per heavy atom. The molecule has 0 N–H and O–H groups in total. The van der Waals surface area contributed by atoms with Crippen LogP contribution in [-0.2, 0) is 6.42 Å². The fourth-order valence-corrected chi connectivity index (χ4v) is 1.90. The van der Waals surface area contributed by atoms with Crippen LogP contribution in [0.1, 0.15) is 5.82 Å². The van der Waals surface area contributed by atoms with Crippen molar-refractivity contribution in [3.63, 3.8) is 0 Å². The van der Waals surface area contributed by atoms with Crippen LogP contribution in [0.3, 0.4) is 0 Å². The van der Waals surface area contributed by atoms with Gasteiger partial charge in [-0.25, -0.2) is 9.97 Å². The van der Waals surface area contributed by atoms with Crippen molar-refractivity contribution in [1.82, 2.24) is 15.0 Å². The molecule has 0 aromatic carbocycles. The predicted molar refractivity (Wildman–Crippen MR) is 54.3 cm³/mol. The van der Waals surface area contributed by atoms with Crippen molar-refractivity contribution < 1.29 is 0 Å². The third-order valence-electron chi connectivity index (χ3n) is 1.47. The van der Waals surface area contributed by atoms with Crippen LogP contribution < -0.4 is 0 Å². The Kier molecular flexibility index (Phi) is 2.47. The van der Waals surface area contributed by atoms with Gasteiger partial charge in [0.2, 0.25) is 0 Å². The molecule has 3 nitrogen and oxygen atoms in total. The average molecular weight is 217 g/mol. The van der Waals surface area contributed by atoms with E-state index in [-0.39, 0.29) is 0 Å². The molecule has 1 aromatic rings. The van der Waals surface area contributed by atoms with Gasteiger partial charge >= 0.3 is 0 Å². The SMILES string of the molecule is Sc1nc(S)nc(CC2CS2)n1. The molecule has 1 atom stereocenters. The van der Waals surface area contributed by atoms with E-state index in [4.69, 9.17) is 0 Å². The summed E-state index contributed by atoms with van der Waals surface area (Å²) in [6.45, 7) is 0. The largest absolute Gasteiger partial charge is 0.207 e. The van der Waals surface area contributed by atoms with Crippen molar-refractivity contribution in [2.24, 2.45) is 0 Å². The molecule has 64 valence electrons. The van der Waals surface area contributed by atoms with Gasteiger partial charge in [0, 0.05) is 17.4 Å². The number of thioether (sulfide) groups is 1. The Balaban J connectivity index is 2.18. The highest BCUT2D eigenvalue weighted by Gasteiger charge is 2.24. The number of hydrogen-bond acceptors (Lipinski definition) is 6. The van der Waals surface area contributed by atoms with E-state index in [1.54, 1.807) is 0 Å². The standard InChI is InChI=1S/C6H7N3S3/c10-5-7-4(1-3-2-12-3)8-6(11)9-5/h3H,1-2H2,(H2,7,8,9,10,11). The minimum Gasteiger partial charge on any atom is -0.207 e. The molecule has 0 radical (unpaired) electrons. The van der Waals surface area contributed by atoms with Crippen molar-refractivity contribution in [1.29, 1.82) is 0 Å². The van der Waals surface area contributed by atoms with Crippen molar-refractivity contribution in [3.8, 4) is 0 Å². The number of nitrogens with zero attached hydrogens (tertiary/aromatic N) is 3. The first-order valence-corrected chi connectivity index (χ1v) is 5.43. The number of thiol groups is 2. The van der Waals surface area contributed by atoms with Crippen LogP contribution in [0.15, 0.2) is 10.3 Å². The van der Waals surface area contributed by atoms with Crippen molar-refractivity contribution in [3.05, 3.63) is 5.82 Å². The van der Waals surface area contributed by atoms with E-state index in [2.05, 4.69) is 40.2 Å². The Morgan fingerprint density at radius 2 is 1.83 bits per heavy atom. The maximum absolute atomic E-state index is 4.09. The summed E-state index contributed by atoms with van der Waals surface area (Å²) in [7, 11) is 0. The second-order valence-corrected chi connectivity index (χ2v) is 4.64. The lowest BCUT2D eigenvalue weighted by molar-refractivity contribution is 0.732. The van der Waals surface area contributed by atoms with Gasteiger partial charge in [0.05, 0.1) is 0 Å². The van der Waals surface area contributed by atoms with Gasteiger partial charge < -0.3 is 0 Å². The smallest absolute Gasteiger partial charge is 0.188 e. The highest BCUT2D eigenvalue weighted by atomic mass is 32.2. The van der Waals surface area contributed by atoms with Crippen LogP contribution in [0.5, 0.6) is 0 Å². The lowest BCUT2D eigenvalue weighted by Gasteiger charge is -1.98. The molecule has 2 rings (SSSR count). The summed E-state index contributed by atoms with van der Waals surface area (Å²) in [5, 5.41) is 1.61. The van der Waals surface area contributed by atoms with E-state index < -0.39 is 0 Å². The van der Waals surface area contributed by atoms with Crippen LogP contribution in [-0.4, -0.2) is 26.0 Å². The second-order valence-electron chi connectivity index (χ2n) is 2.51. The van der Waals surface area contributed by atoms with Gasteiger partial charge in [-0.05, 0) is 0 Å². The maximum atomic E-state index is 4.09. The van der Waals surface area contributed by atoms with Gasteiger partial charge in [-0.15, -0.1) is 25.3 Å². The van der Waals surface area contributed by atoms with Crippen molar-refractivity contribution in [2.45, 2.75) is 22.0 Å². The lowest BCUT2D eigenvalue weighted by Crippen LogP contribution is -2.02.